The summed E-state index contributed by atoms with van der Waals surface area (Å²) in [5.41, 5.74) is 15.4. The summed E-state index contributed by atoms with van der Waals surface area (Å²) < 4.78 is 4.78. The van der Waals surface area contributed by atoms with Crippen LogP contribution in [0.3, 0.4) is 0 Å². The van der Waals surface area contributed by atoms with E-state index in [1.54, 1.807) is 0 Å². The quantitative estimate of drug-likeness (QED) is 0.167. The topological polar surface area (TPSA) is 51.8 Å². The Hall–Kier alpha value is -9.13. The van der Waals surface area contributed by atoms with Gasteiger partial charge in [-0.1, -0.05) is 146 Å². The molecule has 6 heteroatoms. The summed E-state index contributed by atoms with van der Waals surface area (Å²) in [5, 5.41) is 7.22. The zero-order valence-corrected chi connectivity index (χ0v) is 36.1. The third-order valence-electron chi connectivity index (χ3n) is 13.5. The predicted molar refractivity (Wildman–Crippen MR) is 276 cm³/mol. The monoisotopic (exact) mass is 854 g/mol. The second kappa shape index (κ2) is 14.7. The van der Waals surface area contributed by atoms with Gasteiger partial charge in [0.25, 0.3) is 0 Å². The molecule has 1 aliphatic rings. The van der Waals surface area contributed by atoms with Crippen LogP contribution in [0.5, 0.6) is 0 Å². The first kappa shape index (κ1) is 37.3. The van der Waals surface area contributed by atoms with Gasteiger partial charge in [-0.15, -0.1) is 0 Å². The molecule has 0 saturated carbocycles. The second-order valence-corrected chi connectivity index (χ2v) is 17.2. The number of para-hydroxylation sites is 3. The molecule has 4 heterocycles. The summed E-state index contributed by atoms with van der Waals surface area (Å²) in [7, 11) is 0. The van der Waals surface area contributed by atoms with Crippen LogP contribution in [0.2, 0.25) is 0 Å². The number of rotatable bonds is 6. The summed E-state index contributed by atoms with van der Waals surface area (Å²) in [6.45, 7) is 0. The van der Waals surface area contributed by atoms with Gasteiger partial charge < -0.3 is 14.0 Å². The van der Waals surface area contributed by atoms with E-state index < -0.39 is 0 Å². The number of benzene rings is 10. The minimum absolute atomic E-state index is 0.627. The highest BCUT2D eigenvalue weighted by atomic mass is 15.2. The van der Waals surface area contributed by atoms with Gasteiger partial charge >= 0.3 is 0 Å². The van der Waals surface area contributed by atoms with Crippen LogP contribution in [-0.2, 0) is 0 Å². The first-order chi connectivity index (χ1) is 33.2. The molecule has 0 unspecified atom stereocenters. The zero-order chi connectivity index (χ0) is 44.0. The highest BCUT2D eigenvalue weighted by molar-refractivity contribution is 6.19. The van der Waals surface area contributed by atoms with Crippen molar-refractivity contribution in [3.05, 3.63) is 231 Å². The van der Waals surface area contributed by atoms with Crippen LogP contribution in [0.25, 0.3) is 111 Å². The van der Waals surface area contributed by atoms with E-state index in [0.717, 1.165) is 66.9 Å². The van der Waals surface area contributed by atoms with Crippen molar-refractivity contribution in [3.63, 3.8) is 0 Å². The van der Waals surface area contributed by atoms with Crippen LogP contribution in [0.4, 0.5) is 17.1 Å². The van der Waals surface area contributed by atoms with Crippen molar-refractivity contribution >= 4 is 71.4 Å². The molecule has 0 amide bonds. The number of hydrogen-bond donors (Lipinski definition) is 0. The number of anilines is 3. The molecule has 0 atom stereocenters. The fourth-order valence-electron chi connectivity index (χ4n) is 10.5. The molecular formula is C61H38N6. The SMILES string of the molecule is c1ccc(-c2nc(-c3ccccc3)nc(-c3ccc4c(c3)c3cc5c(cc3n4-c3ccccc3)N(c3ccc(-n4c6ccccc6c6ccccc64)cc3)c3cccc4cccc-5c34)n2)cc1. The third-order valence-corrected chi connectivity index (χ3v) is 13.5. The molecule has 1 aliphatic heterocycles. The maximum Gasteiger partial charge on any atom is 0.164 e. The van der Waals surface area contributed by atoms with E-state index in [4.69, 9.17) is 15.0 Å². The Morgan fingerprint density at radius 1 is 0.284 bits per heavy atom. The minimum Gasteiger partial charge on any atom is -0.309 e. The van der Waals surface area contributed by atoms with Gasteiger partial charge in [0.2, 0.25) is 0 Å². The van der Waals surface area contributed by atoms with Crippen molar-refractivity contribution in [1.82, 2.24) is 24.1 Å². The lowest BCUT2D eigenvalue weighted by atomic mass is 9.89. The lowest BCUT2D eigenvalue weighted by Gasteiger charge is -2.34. The second-order valence-electron chi connectivity index (χ2n) is 17.2. The van der Waals surface area contributed by atoms with Crippen LogP contribution in [-0.4, -0.2) is 24.1 Å². The minimum atomic E-state index is 0.627. The van der Waals surface area contributed by atoms with Gasteiger partial charge in [0.1, 0.15) is 0 Å². The largest absolute Gasteiger partial charge is 0.309 e. The molecule has 3 aromatic heterocycles. The Labute approximate surface area is 385 Å². The number of fused-ring (bicyclic) bond motifs is 8. The fraction of sp³-hybridized carbons (Fsp3) is 0. The van der Waals surface area contributed by atoms with Gasteiger partial charge in [-0.05, 0) is 95.9 Å². The third kappa shape index (κ3) is 5.80. The molecular weight excluding hydrogens is 817 g/mol. The molecule has 6 nitrogen and oxygen atoms in total. The van der Waals surface area contributed by atoms with E-state index in [1.807, 2.05) is 36.4 Å². The summed E-state index contributed by atoms with van der Waals surface area (Å²) in [4.78, 5) is 17.7. The van der Waals surface area contributed by atoms with E-state index in [0.29, 0.717) is 17.5 Å². The molecule has 67 heavy (non-hydrogen) atoms. The van der Waals surface area contributed by atoms with Gasteiger partial charge in [0.15, 0.2) is 17.5 Å². The van der Waals surface area contributed by atoms with E-state index >= 15 is 0 Å². The first-order valence-electron chi connectivity index (χ1n) is 22.7. The number of aromatic nitrogens is 5. The van der Waals surface area contributed by atoms with Gasteiger partial charge in [0, 0.05) is 66.2 Å². The van der Waals surface area contributed by atoms with E-state index in [2.05, 4.69) is 208 Å². The van der Waals surface area contributed by atoms with Crippen molar-refractivity contribution < 1.29 is 0 Å². The molecule has 0 spiro atoms. The van der Waals surface area contributed by atoms with Crippen molar-refractivity contribution in [2.45, 2.75) is 0 Å². The number of nitrogens with zero attached hydrogens (tertiary/aromatic N) is 6. The Kier molecular flexibility index (Phi) is 8.18. The van der Waals surface area contributed by atoms with E-state index in [1.165, 1.54) is 43.7 Å². The fourth-order valence-corrected chi connectivity index (χ4v) is 10.5. The predicted octanol–water partition coefficient (Wildman–Crippen LogP) is 15.7. The molecule has 10 aromatic carbocycles. The molecule has 0 saturated heterocycles. The molecule has 13 aromatic rings. The van der Waals surface area contributed by atoms with Crippen molar-refractivity contribution in [2.75, 3.05) is 4.90 Å². The molecule has 0 aliphatic carbocycles. The molecule has 0 bridgehead atoms. The average molecular weight is 855 g/mol. The normalized spacial score (nSPS) is 12.1. The summed E-state index contributed by atoms with van der Waals surface area (Å²) >= 11 is 0. The Bertz CT molecular complexity index is 3960. The van der Waals surface area contributed by atoms with Gasteiger partial charge in [-0.25, -0.2) is 15.0 Å². The van der Waals surface area contributed by atoms with Crippen LogP contribution in [0.1, 0.15) is 0 Å². The van der Waals surface area contributed by atoms with E-state index in [-0.39, 0.29) is 0 Å². The maximum atomic E-state index is 5.13. The van der Waals surface area contributed by atoms with Gasteiger partial charge in [-0.2, -0.15) is 0 Å². The van der Waals surface area contributed by atoms with Crippen LogP contribution in [0, 0.1) is 0 Å². The summed E-state index contributed by atoms with van der Waals surface area (Å²) in [6.07, 6.45) is 0. The van der Waals surface area contributed by atoms with E-state index in [9.17, 15) is 0 Å². The summed E-state index contributed by atoms with van der Waals surface area (Å²) in [5.74, 6) is 1.91. The van der Waals surface area contributed by atoms with Crippen molar-refractivity contribution in [3.8, 4) is 56.7 Å². The number of hydrogen-bond acceptors (Lipinski definition) is 4. The molecule has 0 radical (unpaired) electrons. The molecule has 312 valence electrons. The first-order valence-corrected chi connectivity index (χ1v) is 22.7. The maximum absolute atomic E-state index is 5.13. The Morgan fingerprint density at radius 3 is 1.45 bits per heavy atom. The van der Waals surface area contributed by atoms with Gasteiger partial charge in [0.05, 0.1) is 33.4 Å². The smallest absolute Gasteiger partial charge is 0.164 e. The zero-order valence-electron chi connectivity index (χ0n) is 36.1. The molecule has 14 rings (SSSR count). The Balaban J connectivity index is 0.995. The highest BCUT2D eigenvalue weighted by Gasteiger charge is 2.29. The standard InChI is InChI=1S/C61H38N6/c1-4-16-40(17-5-1)59-62-60(41-18-6-2-7-19-41)64-61(63-59)42-30-35-54-49(36-42)51-37-50-48-26-14-20-39-21-15-29-55(58(39)48)67(56(50)38-57(51)66(54)43-22-8-3-9-23-43)45-33-31-44(32-34-45)65-52-27-12-10-24-46(52)47-25-11-13-28-53(47)65/h1-38H. The Morgan fingerprint density at radius 2 is 0.791 bits per heavy atom. The van der Waals surface area contributed by atoms with Crippen LogP contribution >= 0.6 is 0 Å². The van der Waals surface area contributed by atoms with Crippen molar-refractivity contribution in [2.24, 2.45) is 0 Å². The van der Waals surface area contributed by atoms with Crippen LogP contribution in [0.15, 0.2) is 231 Å². The lowest BCUT2D eigenvalue weighted by molar-refractivity contribution is 1.07. The molecule has 0 fully saturated rings. The highest BCUT2D eigenvalue weighted by Crippen LogP contribution is 2.53. The van der Waals surface area contributed by atoms with Gasteiger partial charge in [-0.3, -0.25) is 0 Å². The van der Waals surface area contributed by atoms with Crippen LogP contribution < -0.4 is 4.90 Å². The molecule has 0 N–H and O–H groups in total. The lowest BCUT2D eigenvalue weighted by Crippen LogP contribution is -2.15. The van der Waals surface area contributed by atoms with Crippen molar-refractivity contribution in [1.29, 1.82) is 0 Å². The summed E-state index contributed by atoms with van der Waals surface area (Å²) in [6, 6.07) is 82.3. The average Bonchev–Trinajstić information content (AvgIpc) is 3.91.